The summed E-state index contributed by atoms with van der Waals surface area (Å²) < 4.78 is 27.9. The molecule has 0 aromatic heterocycles. The smallest absolute Gasteiger partial charge is 0.207 e. The van der Waals surface area contributed by atoms with Gasteiger partial charge in [-0.15, -0.1) is 0 Å². The Hall–Kier alpha value is 0.0900. The largest absolute Gasteiger partial charge is 0.244 e. The predicted molar refractivity (Wildman–Crippen MR) is 81.2 cm³/mol. The van der Waals surface area contributed by atoms with Crippen LogP contribution in [0.4, 0.5) is 0 Å². The summed E-state index contributed by atoms with van der Waals surface area (Å²) in [5.74, 6) is 0. The third-order valence-electron chi connectivity index (χ3n) is 3.01. The minimum atomic E-state index is -3.46. The standard InChI is InChI=1S/C12H17Br2NO2S/c1-4-10(5-2)15(3)18(16,17)12-8-9(13)6-7-11(12)14/h6-8,10H,4-5H2,1-3H3. The Balaban J connectivity index is 3.25. The Morgan fingerprint density at radius 3 is 2.28 bits per heavy atom. The van der Waals surface area contributed by atoms with Crippen molar-refractivity contribution in [3.8, 4) is 0 Å². The maximum absolute atomic E-state index is 12.5. The fraction of sp³-hybridized carbons (Fsp3) is 0.500. The molecule has 1 aromatic carbocycles. The van der Waals surface area contributed by atoms with E-state index >= 15 is 0 Å². The summed E-state index contributed by atoms with van der Waals surface area (Å²) in [7, 11) is -1.82. The molecule has 0 aliphatic heterocycles. The fourth-order valence-electron chi connectivity index (χ4n) is 1.83. The summed E-state index contributed by atoms with van der Waals surface area (Å²) in [5.41, 5.74) is 0. The molecule has 18 heavy (non-hydrogen) atoms. The van der Waals surface area contributed by atoms with Gasteiger partial charge in [0.25, 0.3) is 0 Å². The highest BCUT2D eigenvalue weighted by Crippen LogP contribution is 2.29. The predicted octanol–water partition coefficient (Wildman–Crippen LogP) is 4.02. The van der Waals surface area contributed by atoms with Crippen LogP contribution in [0.1, 0.15) is 26.7 Å². The number of nitrogens with zero attached hydrogens (tertiary/aromatic N) is 1. The summed E-state index contributed by atoms with van der Waals surface area (Å²) in [4.78, 5) is 0.297. The van der Waals surface area contributed by atoms with Crippen LogP contribution >= 0.6 is 31.9 Å². The fourth-order valence-corrected chi connectivity index (χ4v) is 4.79. The molecule has 0 amide bonds. The van der Waals surface area contributed by atoms with E-state index < -0.39 is 10.0 Å². The number of sulfonamides is 1. The first-order chi connectivity index (χ1) is 8.34. The van der Waals surface area contributed by atoms with Gasteiger partial charge in [-0.3, -0.25) is 0 Å². The van der Waals surface area contributed by atoms with Crippen molar-refractivity contribution >= 4 is 41.9 Å². The lowest BCUT2D eigenvalue weighted by Gasteiger charge is -2.26. The van der Waals surface area contributed by atoms with Crippen LogP contribution in [-0.4, -0.2) is 25.8 Å². The zero-order chi connectivity index (χ0) is 13.9. The van der Waals surface area contributed by atoms with Gasteiger partial charge in [-0.25, -0.2) is 8.42 Å². The number of hydrogen-bond donors (Lipinski definition) is 0. The maximum atomic E-state index is 12.5. The van der Waals surface area contributed by atoms with Gasteiger partial charge in [-0.2, -0.15) is 4.31 Å². The second-order valence-electron chi connectivity index (χ2n) is 4.07. The van der Waals surface area contributed by atoms with Crippen molar-refractivity contribution in [3.05, 3.63) is 27.1 Å². The molecule has 1 rings (SSSR count). The lowest BCUT2D eigenvalue weighted by atomic mass is 10.2. The molecule has 6 heteroatoms. The SMILES string of the molecule is CCC(CC)N(C)S(=O)(=O)c1cc(Br)ccc1Br. The van der Waals surface area contributed by atoms with Gasteiger partial charge in [-0.1, -0.05) is 29.8 Å². The van der Waals surface area contributed by atoms with Crippen LogP contribution in [0, 0.1) is 0 Å². The Morgan fingerprint density at radius 1 is 1.22 bits per heavy atom. The van der Waals surface area contributed by atoms with Crippen LogP contribution < -0.4 is 0 Å². The van der Waals surface area contributed by atoms with Gasteiger partial charge in [0.2, 0.25) is 10.0 Å². The van der Waals surface area contributed by atoms with Crippen molar-refractivity contribution in [2.45, 2.75) is 37.6 Å². The number of halogens is 2. The zero-order valence-corrected chi connectivity index (χ0v) is 14.6. The van der Waals surface area contributed by atoms with Crippen LogP contribution in [0.5, 0.6) is 0 Å². The monoisotopic (exact) mass is 397 g/mol. The van der Waals surface area contributed by atoms with Gasteiger partial charge in [0.15, 0.2) is 0 Å². The molecule has 0 aliphatic carbocycles. The van der Waals surface area contributed by atoms with Gasteiger partial charge < -0.3 is 0 Å². The molecule has 0 bridgehead atoms. The second-order valence-corrected chi connectivity index (χ2v) is 7.80. The topological polar surface area (TPSA) is 37.4 Å². The Morgan fingerprint density at radius 2 is 1.78 bits per heavy atom. The second kappa shape index (κ2) is 6.50. The number of hydrogen-bond acceptors (Lipinski definition) is 2. The van der Waals surface area contributed by atoms with Gasteiger partial charge in [0.05, 0.1) is 4.90 Å². The Kier molecular flexibility index (Phi) is 5.83. The first kappa shape index (κ1) is 16.1. The third-order valence-corrected chi connectivity index (χ3v) is 6.40. The van der Waals surface area contributed by atoms with E-state index in [1.165, 1.54) is 4.31 Å². The molecule has 1 aromatic rings. The average molecular weight is 399 g/mol. The van der Waals surface area contributed by atoms with Crippen LogP contribution in [0.15, 0.2) is 32.0 Å². The van der Waals surface area contributed by atoms with Gasteiger partial charge in [0.1, 0.15) is 0 Å². The summed E-state index contributed by atoms with van der Waals surface area (Å²) in [6.45, 7) is 3.99. The molecular weight excluding hydrogens is 382 g/mol. The normalized spacial score (nSPS) is 12.4. The molecule has 0 saturated carbocycles. The molecular formula is C12H17Br2NO2S. The van der Waals surface area contributed by atoms with E-state index in [2.05, 4.69) is 31.9 Å². The molecule has 0 N–H and O–H groups in total. The first-order valence-electron chi connectivity index (χ1n) is 5.77. The molecule has 102 valence electrons. The van der Waals surface area contributed by atoms with Crippen molar-refractivity contribution < 1.29 is 8.42 Å². The van der Waals surface area contributed by atoms with Crippen molar-refractivity contribution in [2.24, 2.45) is 0 Å². The van der Waals surface area contributed by atoms with E-state index in [9.17, 15) is 8.42 Å². The van der Waals surface area contributed by atoms with Crippen LogP contribution in [-0.2, 0) is 10.0 Å². The van der Waals surface area contributed by atoms with Crippen molar-refractivity contribution in [3.63, 3.8) is 0 Å². The van der Waals surface area contributed by atoms with Crippen LogP contribution in [0.3, 0.4) is 0 Å². The molecule has 0 unspecified atom stereocenters. The molecule has 0 fully saturated rings. The van der Waals surface area contributed by atoms with Crippen molar-refractivity contribution in [2.75, 3.05) is 7.05 Å². The van der Waals surface area contributed by atoms with Gasteiger partial charge in [0, 0.05) is 22.0 Å². The van der Waals surface area contributed by atoms with Gasteiger partial charge >= 0.3 is 0 Å². The van der Waals surface area contributed by atoms with E-state index in [0.717, 1.165) is 17.3 Å². The quantitative estimate of drug-likeness (QED) is 0.750. The highest BCUT2D eigenvalue weighted by atomic mass is 79.9. The van der Waals surface area contributed by atoms with E-state index in [4.69, 9.17) is 0 Å². The Labute approximate surface area is 126 Å². The van der Waals surface area contributed by atoms with Crippen LogP contribution in [0.25, 0.3) is 0 Å². The number of benzene rings is 1. The molecule has 0 saturated heterocycles. The average Bonchev–Trinajstić information content (AvgIpc) is 2.33. The van der Waals surface area contributed by atoms with Crippen molar-refractivity contribution in [1.29, 1.82) is 0 Å². The van der Waals surface area contributed by atoms with Gasteiger partial charge in [-0.05, 0) is 47.0 Å². The molecule has 0 aliphatic rings. The molecule has 0 heterocycles. The summed E-state index contributed by atoms with van der Waals surface area (Å²) >= 11 is 6.61. The molecule has 0 radical (unpaired) electrons. The first-order valence-corrected chi connectivity index (χ1v) is 8.80. The van der Waals surface area contributed by atoms with Crippen LogP contribution in [0.2, 0.25) is 0 Å². The Bertz CT molecular complexity index is 513. The van der Waals surface area contributed by atoms with E-state index in [1.54, 1.807) is 25.2 Å². The minimum absolute atomic E-state index is 0.0286. The lowest BCUT2D eigenvalue weighted by Crippen LogP contribution is -2.36. The number of rotatable bonds is 5. The highest BCUT2D eigenvalue weighted by Gasteiger charge is 2.27. The van der Waals surface area contributed by atoms with E-state index in [-0.39, 0.29) is 6.04 Å². The third kappa shape index (κ3) is 3.35. The molecule has 0 spiro atoms. The molecule has 0 atom stereocenters. The van der Waals surface area contributed by atoms with Crippen molar-refractivity contribution in [1.82, 2.24) is 4.31 Å². The zero-order valence-electron chi connectivity index (χ0n) is 10.7. The minimum Gasteiger partial charge on any atom is -0.207 e. The molecule has 3 nitrogen and oxygen atoms in total. The van der Waals surface area contributed by atoms with E-state index in [1.807, 2.05) is 13.8 Å². The summed E-state index contributed by atoms with van der Waals surface area (Å²) in [5, 5.41) is 0. The van der Waals surface area contributed by atoms with E-state index in [0.29, 0.717) is 9.37 Å². The maximum Gasteiger partial charge on any atom is 0.244 e. The summed E-state index contributed by atoms with van der Waals surface area (Å²) in [6, 6.07) is 5.19. The summed E-state index contributed by atoms with van der Waals surface area (Å²) in [6.07, 6.45) is 1.61. The lowest BCUT2D eigenvalue weighted by molar-refractivity contribution is 0.349. The highest BCUT2D eigenvalue weighted by molar-refractivity contribution is 9.11.